The Morgan fingerprint density at radius 2 is 1.06 bits per heavy atom. The summed E-state index contributed by atoms with van der Waals surface area (Å²) in [6, 6.07) is 1.36. The van der Waals surface area contributed by atoms with Gasteiger partial charge in [0.1, 0.15) is 22.6 Å². The SMILES string of the molecule is O=C(O)c1cc(O)c(C(=O)O)cc1O.[NaH].[NaH]. The van der Waals surface area contributed by atoms with Crippen molar-refractivity contribution in [2.75, 3.05) is 0 Å². The van der Waals surface area contributed by atoms with E-state index < -0.39 is 34.6 Å². The Labute approximate surface area is 134 Å². The molecular formula is C8H8Na2O6. The Balaban J connectivity index is 0. The molecule has 0 aliphatic heterocycles. The number of carboxylic acid groups (broad SMARTS) is 2. The molecule has 0 aliphatic rings. The monoisotopic (exact) mass is 246 g/mol. The fraction of sp³-hybridized carbons (Fsp3) is 0. The molecule has 78 valence electrons. The van der Waals surface area contributed by atoms with Crippen LogP contribution < -0.4 is 0 Å². The number of hydrogen-bond acceptors (Lipinski definition) is 4. The molecule has 0 radical (unpaired) electrons. The zero-order valence-corrected chi connectivity index (χ0v) is 6.76. The molecule has 0 aromatic heterocycles. The third kappa shape index (κ3) is 3.97. The second kappa shape index (κ2) is 7.16. The number of hydrogen-bond donors (Lipinski definition) is 4. The Bertz CT molecular complexity index is 377. The summed E-state index contributed by atoms with van der Waals surface area (Å²) >= 11 is 0. The van der Waals surface area contributed by atoms with E-state index in [1.54, 1.807) is 0 Å². The van der Waals surface area contributed by atoms with E-state index in [9.17, 15) is 9.59 Å². The summed E-state index contributed by atoms with van der Waals surface area (Å²) in [7, 11) is 0. The fourth-order valence-corrected chi connectivity index (χ4v) is 0.919. The molecule has 0 saturated heterocycles. The Kier molecular flexibility index (Phi) is 8.11. The quantitative estimate of drug-likeness (QED) is 0.401. The van der Waals surface area contributed by atoms with Gasteiger partial charge in [-0.1, -0.05) is 0 Å². The van der Waals surface area contributed by atoms with Crippen molar-refractivity contribution in [1.82, 2.24) is 0 Å². The van der Waals surface area contributed by atoms with E-state index in [4.69, 9.17) is 20.4 Å². The molecule has 0 fully saturated rings. The van der Waals surface area contributed by atoms with E-state index in [2.05, 4.69) is 0 Å². The number of carboxylic acids is 2. The molecule has 1 aromatic rings. The molecule has 0 amide bonds. The van der Waals surface area contributed by atoms with Crippen LogP contribution >= 0.6 is 0 Å². The summed E-state index contributed by atoms with van der Waals surface area (Å²) in [6.45, 7) is 0. The van der Waals surface area contributed by atoms with Crippen molar-refractivity contribution in [3.05, 3.63) is 23.3 Å². The van der Waals surface area contributed by atoms with Crippen LogP contribution in [-0.4, -0.2) is 91.5 Å². The van der Waals surface area contributed by atoms with Crippen molar-refractivity contribution >= 4 is 71.1 Å². The van der Waals surface area contributed by atoms with Crippen LogP contribution in [0.4, 0.5) is 0 Å². The van der Waals surface area contributed by atoms with Crippen LogP contribution in [-0.2, 0) is 0 Å². The molecule has 1 aromatic carbocycles. The topological polar surface area (TPSA) is 115 Å². The van der Waals surface area contributed by atoms with Crippen molar-refractivity contribution in [2.45, 2.75) is 0 Å². The molecule has 4 N–H and O–H groups in total. The first-order valence-electron chi connectivity index (χ1n) is 3.46. The number of phenols is 2. The van der Waals surface area contributed by atoms with E-state index in [1.165, 1.54) is 0 Å². The van der Waals surface area contributed by atoms with Crippen LogP contribution in [0.5, 0.6) is 11.5 Å². The van der Waals surface area contributed by atoms with Gasteiger partial charge in [0.05, 0.1) is 0 Å². The maximum atomic E-state index is 10.4. The number of aromatic hydroxyl groups is 2. The molecular weight excluding hydrogens is 238 g/mol. The van der Waals surface area contributed by atoms with Crippen LogP contribution in [0.25, 0.3) is 0 Å². The van der Waals surface area contributed by atoms with Crippen LogP contribution in [0.1, 0.15) is 20.7 Å². The molecule has 0 heterocycles. The number of benzene rings is 1. The average molecular weight is 246 g/mol. The van der Waals surface area contributed by atoms with Gasteiger partial charge in [0, 0.05) is 0 Å². The van der Waals surface area contributed by atoms with Gasteiger partial charge in [-0.05, 0) is 12.1 Å². The third-order valence-electron chi connectivity index (χ3n) is 1.57. The van der Waals surface area contributed by atoms with Gasteiger partial charge in [0.2, 0.25) is 0 Å². The average Bonchev–Trinajstić information content (AvgIpc) is 2.07. The summed E-state index contributed by atoms with van der Waals surface area (Å²) in [5, 5.41) is 35.2. The Morgan fingerprint density at radius 1 is 0.812 bits per heavy atom. The van der Waals surface area contributed by atoms with Gasteiger partial charge >= 0.3 is 71.1 Å². The van der Waals surface area contributed by atoms with Gasteiger partial charge in [-0.25, -0.2) is 9.59 Å². The minimum atomic E-state index is -1.45. The normalized spacial score (nSPS) is 8.50. The van der Waals surface area contributed by atoms with Gasteiger partial charge < -0.3 is 20.4 Å². The standard InChI is InChI=1S/C8H6O6.2Na.2H/c9-5-1-3(7(11)12)6(10)2-4(5)8(13)14;;;;/h1-2,9-10H,(H,11,12)(H,13,14);;;;. The van der Waals surface area contributed by atoms with E-state index in [0.29, 0.717) is 12.1 Å². The van der Waals surface area contributed by atoms with Crippen LogP contribution in [0.15, 0.2) is 12.1 Å². The van der Waals surface area contributed by atoms with E-state index in [0.717, 1.165) is 0 Å². The molecule has 0 atom stereocenters. The minimum absolute atomic E-state index is 0. The second-order valence-corrected chi connectivity index (χ2v) is 2.50. The summed E-state index contributed by atoms with van der Waals surface area (Å²) in [6.07, 6.45) is 0. The molecule has 8 heteroatoms. The molecule has 6 nitrogen and oxygen atoms in total. The van der Waals surface area contributed by atoms with E-state index in [1.807, 2.05) is 0 Å². The van der Waals surface area contributed by atoms with Crippen molar-refractivity contribution in [3.8, 4) is 11.5 Å². The fourth-order valence-electron chi connectivity index (χ4n) is 0.919. The first-order valence-corrected chi connectivity index (χ1v) is 3.46. The summed E-state index contributed by atoms with van der Waals surface area (Å²) in [5.41, 5.74) is -1.10. The zero-order valence-electron chi connectivity index (χ0n) is 6.76. The first kappa shape index (κ1) is 18.1. The van der Waals surface area contributed by atoms with Crippen LogP contribution in [0.3, 0.4) is 0 Å². The van der Waals surface area contributed by atoms with E-state index >= 15 is 0 Å². The summed E-state index contributed by atoms with van der Waals surface area (Å²) in [5.74, 6) is -4.30. The second-order valence-electron chi connectivity index (χ2n) is 2.50. The molecule has 1 rings (SSSR count). The maximum absolute atomic E-state index is 10.4. The Morgan fingerprint density at radius 3 is 1.25 bits per heavy atom. The van der Waals surface area contributed by atoms with Crippen molar-refractivity contribution in [3.63, 3.8) is 0 Å². The third-order valence-corrected chi connectivity index (χ3v) is 1.57. The first-order chi connectivity index (χ1) is 6.43. The number of rotatable bonds is 2. The summed E-state index contributed by atoms with van der Waals surface area (Å²) in [4.78, 5) is 20.9. The van der Waals surface area contributed by atoms with Crippen molar-refractivity contribution in [2.24, 2.45) is 0 Å². The summed E-state index contributed by atoms with van der Waals surface area (Å²) < 4.78 is 0. The molecule has 0 unspecified atom stereocenters. The molecule has 0 spiro atoms. The van der Waals surface area contributed by atoms with Crippen LogP contribution in [0.2, 0.25) is 0 Å². The molecule has 16 heavy (non-hydrogen) atoms. The number of carbonyl (C=O) groups is 2. The predicted molar refractivity (Wildman–Crippen MR) is 58.0 cm³/mol. The molecule has 0 aliphatic carbocycles. The molecule has 0 saturated carbocycles. The Hall–Kier alpha value is -0.240. The predicted octanol–water partition coefficient (Wildman–Crippen LogP) is -0.803. The molecule has 0 bridgehead atoms. The van der Waals surface area contributed by atoms with Gasteiger partial charge in [-0.2, -0.15) is 0 Å². The van der Waals surface area contributed by atoms with E-state index in [-0.39, 0.29) is 59.1 Å². The van der Waals surface area contributed by atoms with Crippen LogP contribution in [0, 0.1) is 0 Å². The van der Waals surface area contributed by atoms with Gasteiger partial charge in [0.25, 0.3) is 0 Å². The number of aromatic carboxylic acids is 2. The van der Waals surface area contributed by atoms with Crippen molar-refractivity contribution in [1.29, 1.82) is 0 Å². The van der Waals surface area contributed by atoms with Gasteiger partial charge in [0.15, 0.2) is 0 Å². The van der Waals surface area contributed by atoms with Crippen molar-refractivity contribution < 1.29 is 30.0 Å². The van der Waals surface area contributed by atoms with Gasteiger partial charge in [-0.15, -0.1) is 0 Å². The van der Waals surface area contributed by atoms with Gasteiger partial charge in [-0.3, -0.25) is 0 Å². The zero-order chi connectivity index (χ0) is 10.9.